The van der Waals surface area contributed by atoms with E-state index in [1.807, 2.05) is 18.3 Å². The molecule has 4 nitrogen and oxygen atoms in total. The Morgan fingerprint density at radius 2 is 1.88 bits per heavy atom. The Kier molecular flexibility index (Phi) is 4.34. The van der Waals surface area contributed by atoms with Gasteiger partial charge < -0.3 is 9.51 Å². The quantitative estimate of drug-likeness (QED) is 0.531. The van der Waals surface area contributed by atoms with Crippen molar-refractivity contribution in [3.63, 3.8) is 0 Å². The molecule has 4 aromatic rings. The fourth-order valence-electron chi connectivity index (χ4n) is 3.09. The summed E-state index contributed by atoms with van der Waals surface area (Å²) in [6.45, 7) is 2.21. The number of nitrogens with one attached hydrogen (secondary N) is 1. The van der Waals surface area contributed by atoms with Crippen molar-refractivity contribution < 1.29 is 4.52 Å². The SMILES string of the molecule is CCCCc1ccc(-c2nc(Cc3c[nH]c4ccccc34)no2)cc1. The first-order valence-corrected chi connectivity index (χ1v) is 8.80. The lowest BCUT2D eigenvalue weighted by Crippen LogP contribution is -1.90. The molecule has 2 aromatic heterocycles. The molecule has 0 unspecified atom stereocenters. The van der Waals surface area contributed by atoms with Crippen molar-refractivity contribution in [1.82, 2.24) is 15.1 Å². The number of rotatable bonds is 6. The molecule has 0 aliphatic heterocycles. The minimum absolute atomic E-state index is 0.580. The van der Waals surface area contributed by atoms with Crippen LogP contribution in [0.1, 0.15) is 36.7 Å². The maximum atomic E-state index is 5.46. The van der Waals surface area contributed by atoms with Crippen LogP contribution in [0.4, 0.5) is 0 Å². The molecular formula is C21H21N3O. The molecule has 0 aliphatic carbocycles. The first-order valence-electron chi connectivity index (χ1n) is 8.80. The summed E-state index contributed by atoms with van der Waals surface area (Å²) in [5.41, 5.74) is 4.63. The lowest BCUT2D eigenvalue weighted by atomic mass is 10.1. The summed E-state index contributed by atoms with van der Waals surface area (Å²) in [5.74, 6) is 1.28. The van der Waals surface area contributed by atoms with Gasteiger partial charge in [-0.25, -0.2) is 0 Å². The molecule has 0 radical (unpaired) electrons. The van der Waals surface area contributed by atoms with Crippen LogP contribution in [0, 0.1) is 0 Å². The normalized spacial score (nSPS) is 11.2. The number of aromatic amines is 1. The summed E-state index contributed by atoms with van der Waals surface area (Å²) in [6.07, 6.45) is 6.22. The molecule has 4 heteroatoms. The molecule has 2 heterocycles. The number of aryl methyl sites for hydroxylation is 1. The monoisotopic (exact) mass is 331 g/mol. The molecule has 25 heavy (non-hydrogen) atoms. The zero-order valence-corrected chi connectivity index (χ0v) is 14.3. The van der Waals surface area contributed by atoms with E-state index in [0.717, 1.165) is 17.5 Å². The highest BCUT2D eigenvalue weighted by Gasteiger charge is 2.11. The number of hydrogen-bond acceptors (Lipinski definition) is 3. The molecule has 0 spiro atoms. The van der Waals surface area contributed by atoms with E-state index in [2.05, 4.69) is 58.4 Å². The van der Waals surface area contributed by atoms with Gasteiger partial charge in [0.25, 0.3) is 5.89 Å². The van der Waals surface area contributed by atoms with Crippen LogP contribution < -0.4 is 0 Å². The molecular weight excluding hydrogens is 310 g/mol. The van der Waals surface area contributed by atoms with Crippen molar-refractivity contribution in [2.75, 3.05) is 0 Å². The predicted molar refractivity (Wildman–Crippen MR) is 99.5 cm³/mol. The van der Waals surface area contributed by atoms with Crippen molar-refractivity contribution in [1.29, 1.82) is 0 Å². The number of aromatic nitrogens is 3. The van der Waals surface area contributed by atoms with E-state index in [1.165, 1.54) is 29.4 Å². The second-order valence-electron chi connectivity index (χ2n) is 6.35. The maximum Gasteiger partial charge on any atom is 0.257 e. The molecule has 126 valence electrons. The van der Waals surface area contributed by atoms with E-state index in [0.29, 0.717) is 18.1 Å². The van der Waals surface area contributed by atoms with Gasteiger partial charge in [0.1, 0.15) is 0 Å². The fraction of sp³-hybridized carbons (Fsp3) is 0.238. The lowest BCUT2D eigenvalue weighted by Gasteiger charge is -2.00. The molecule has 0 fully saturated rings. The van der Waals surface area contributed by atoms with Gasteiger partial charge in [0, 0.05) is 29.1 Å². The number of unbranched alkanes of at least 4 members (excludes halogenated alkanes) is 1. The van der Waals surface area contributed by atoms with Gasteiger partial charge in [-0.2, -0.15) is 4.98 Å². The number of H-pyrrole nitrogens is 1. The van der Waals surface area contributed by atoms with Crippen molar-refractivity contribution in [3.05, 3.63) is 71.7 Å². The Morgan fingerprint density at radius 3 is 2.72 bits per heavy atom. The largest absolute Gasteiger partial charge is 0.361 e. The summed E-state index contributed by atoms with van der Waals surface area (Å²) in [6, 6.07) is 16.7. The first kappa shape index (κ1) is 15.6. The van der Waals surface area contributed by atoms with Crippen LogP contribution >= 0.6 is 0 Å². The van der Waals surface area contributed by atoms with Crippen molar-refractivity contribution >= 4 is 10.9 Å². The highest BCUT2D eigenvalue weighted by Crippen LogP contribution is 2.22. The number of fused-ring (bicyclic) bond motifs is 1. The molecule has 0 bridgehead atoms. The number of benzene rings is 2. The topological polar surface area (TPSA) is 54.7 Å². The molecule has 0 saturated carbocycles. The van der Waals surface area contributed by atoms with Gasteiger partial charge in [-0.3, -0.25) is 0 Å². The van der Waals surface area contributed by atoms with Crippen LogP contribution in [0.25, 0.3) is 22.4 Å². The van der Waals surface area contributed by atoms with Crippen LogP contribution in [0.2, 0.25) is 0 Å². The standard InChI is InChI=1S/C21H21N3O/c1-2-3-6-15-9-11-16(12-10-15)21-23-20(24-25-21)13-17-14-22-19-8-5-4-7-18(17)19/h4-5,7-12,14,22H,2-3,6,13H2,1H3. The summed E-state index contributed by atoms with van der Waals surface area (Å²) in [4.78, 5) is 7.85. The second-order valence-corrected chi connectivity index (χ2v) is 6.35. The Labute approximate surface area is 146 Å². The van der Waals surface area contributed by atoms with Crippen molar-refractivity contribution in [2.24, 2.45) is 0 Å². The van der Waals surface area contributed by atoms with E-state index in [-0.39, 0.29) is 0 Å². The first-order chi connectivity index (χ1) is 12.3. The van der Waals surface area contributed by atoms with Crippen molar-refractivity contribution in [2.45, 2.75) is 32.6 Å². The molecule has 0 atom stereocenters. The lowest BCUT2D eigenvalue weighted by molar-refractivity contribution is 0.424. The zero-order chi connectivity index (χ0) is 17.1. The minimum Gasteiger partial charge on any atom is -0.361 e. The molecule has 0 amide bonds. The summed E-state index contributed by atoms with van der Waals surface area (Å²) >= 11 is 0. The van der Waals surface area contributed by atoms with Gasteiger partial charge in [-0.05, 0) is 42.2 Å². The summed E-state index contributed by atoms with van der Waals surface area (Å²) < 4.78 is 5.46. The smallest absolute Gasteiger partial charge is 0.257 e. The number of hydrogen-bond donors (Lipinski definition) is 1. The zero-order valence-electron chi connectivity index (χ0n) is 14.3. The molecule has 4 rings (SSSR count). The van der Waals surface area contributed by atoms with Crippen molar-refractivity contribution in [3.8, 4) is 11.5 Å². The average molecular weight is 331 g/mol. The van der Waals surface area contributed by atoms with E-state index in [4.69, 9.17) is 4.52 Å². The van der Waals surface area contributed by atoms with Gasteiger partial charge in [0.05, 0.1) is 0 Å². The molecule has 2 aromatic carbocycles. The molecule has 0 saturated heterocycles. The van der Waals surface area contributed by atoms with Gasteiger partial charge in [-0.15, -0.1) is 0 Å². The predicted octanol–water partition coefficient (Wildman–Crippen LogP) is 5.15. The highest BCUT2D eigenvalue weighted by molar-refractivity contribution is 5.83. The molecule has 1 N–H and O–H groups in total. The van der Waals surface area contributed by atoms with E-state index < -0.39 is 0 Å². The van der Waals surface area contributed by atoms with E-state index >= 15 is 0 Å². The van der Waals surface area contributed by atoms with E-state index in [9.17, 15) is 0 Å². The van der Waals surface area contributed by atoms with Gasteiger partial charge in [0.15, 0.2) is 5.82 Å². The van der Waals surface area contributed by atoms with Gasteiger partial charge in [0.2, 0.25) is 0 Å². The second kappa shape index (κ2) is 6.93. The van der Waals surface area contributed by atoms with Crippen LogP contribution in [0.15, 0.2) is 59.3 Å². The summed E-state index contributed by atoms with van der Waals surface area (Å²) in [5, 5.41) is 5.35. The Balaban J connectivity index is 1.52. The minimum atomic E-state index is 0.580. The number of para-hydroxylation sites is 1. The third-order valence-corrected chi connectivity index (χ3v) is 4.51. The van der Waals surface area contributed by atoms with Crippen LogP contribution in [0.5, 0.6) is 0 Å². The Bertz CT molecular complexity index is 966. The summed E-state index contributed by atoms with van der Waals surface area (Å²) in [7, 11) is 0. The Morgan fingerprint density at radius 1 is 1.04 bits per heavy atom. The fourth-order valence-corrected chi connectivity index (χ4v) is 3.09. The van der Waals surface area contributed by atoms with E-state index in [1.54, 1.807) is 0 Å². The average Bonchev–Trinajstić information content (AvgIpc) is 3.28. The van der Waals surface area contributed by atoms with Gasteiger partial charge >= 0.3 is 0 Å². The highest BCUT2D eigenvalue weighted by atomic mass is 16.5. The van der Waals surface area contributed by atoms with Gasteiger partial charge in [-0.1, -0.05) is 48.8 Å². The maximum absolute atomic E-state index is 5.46. The third-order valence-electron chi connectivity index (χ3n) is 4.51. The Hall–Kier alpha value is -2.88. The van der Waals surface area contributed by atoms with Crippen LogP contribution in [-0.4, -0.2) is 15.1 Å². The number of nitrogens with zero attached hydrogens (tertiary/aromatic N) is 2. The third kappa shape index (κ3) is 3.33. The van der Waals surface area contributed by atoms with Crippen LogP contribution in [0.3, 0.4) is 0 Å². The molecule has 0 aliphatic rings. The van der Waals surface area contributed by atoms with Crippen LogP contribution in [-0.2, 0) is 12.8 Å².